The van der Waals surface area contributed by atoms with Crippen molar-refractivity contribution >= 4 is 22.4 Å². The van der Waals surface area contributed by atoms with Crippen LogP contribution in [0.5, 0.6) is 5.75 Å². The fraction of sp³-hybridized carbons (Fsp3) is 0.269. The maximum absolute atomic E-state index is 13.1. The van der Waals surface area contributed by atoms with Crippen LogP contribution in [0.2, 0.25) is 0 Å². The van der Waals surface area contributed by atoms with Gasteiger partial charge in [-0.15, -0.1) is 5.10 Å². The SMILES string of the molecule is CCOc1ccccc1N1CCN(C(=O)c2cn(Cc3cccc4ccccc34)nn2)CC1. The molecule has 5 rings (SSSR count). The third-order valence-electron chi connectivity index (χ3n) is 6.04. The number of anilines is 1. The number of para-hydroxylation sites is 2. The second-order valence-electron chi connectivity index (χ2n) is 8.12. The lowest BCUT2D eigenvalue weighted by atomic mass is 10.0. The first-order valence-corrected chi connectivity index (χ1v) is 11.4. The predicted octanol–water partition coefficient (Wildman–Crippen LogP) is 3.84. The van der Waals surface area contributed by atoms with Crippen molar-refractivity contribution in [1.82, 2.24) is 19.9 Å². The first-order valence-electron chi connectivity index (χ1n) is 11.4. The minimum atomic E-state index is -0.0723. The highest BCUT2D eigenvalue weighted by molar-refractivity contribution is 5.92. The van der Waals surface area contributed by atoms with Gasteiger partial charge in [-0.25, -0.2) is 4.68 Å². The number of fused-ring (bicyclic) bond motifs is 1. The Kier molecular flexibility index (Phi) is 5.93. The van der Waals surface area contributed by atoms with Crippen molar-refractivity contribution in [3.8, 4) is 5.75 Å². The molecule has 0 spiro atoms. The lowest BCUT2D eigenvalue weighted by Crippen LogP contribution is -2.49. The molecule has 1 aliphatic rings. The average molecular weight is 442 g/mol. The summed E-state index contributed by atoms with van der Waals surface area (Å²) in [7, 11) is 0. The van der Waals surface area contributed by atoms with Crippen molar-refractivity contribution in [3.05, 3.63) is 84.2 Å². The molecule has 2 heterocycles. The Morgan fingerprint density at radius 3 is 2.55 bits per heavy atom. The zero-order valence-electron chi connectivity index (χ0n) is 18.7. The van der Waals surface area contributed by atoms with Gasteiger partial charge in [0, 0.05) is 26.2 Å². The molecule has 0 N–H and O–H groups in total. The summed E-state index contributed by atoms with van der Waals surface area (Å²) < 4.78 is 7.51. The van der Waals surface area contributed by atoms with E-state index < -0.39 is 0 Å². The minimum absolute atomic E-state index is 0.0723. The smallest absolute Gasteiger partial charge is 0.276 e. The Bertz CT molecular complexity index is 1260. The summed E-state index contributed by atoms with van der Waals surface area (Å²) in [6.45, 7) is 5.96. The molecule has 1 fully saturated rings. The molecular formula is C26H27N5O2. The molecule has 4 aromatic rings. The molecule has 33 heavy (non-hydrogen) atoms. The van der Waals surface area contributed by atoms with Crippen LogP contribution in [0.15, 0.2) is 72.9 Å². The quantitative estimate of drug-likeness (QED) is 0.455. The Labute approximate surface area is 193 Å². The third-order valence-corrected chi connectivity index (χ3v) is 6.04. The van der Waals surface area contributed by atoms with Crippen molar-refractivity contribution in [3.63, 3.8) is 0 Å². The van der Waals surface area contributed by atoms with E-state index in [1.54, 1.807) is 10.9 Å². The molecule has 7 nitrogen and oxygen atoms in total. The summed E-state index contributed by atoms with van der Waals surface area (Å²) in [4.78, 5) is 17.2. The van der Waals surface area contributed by atoms with Gasteiger partial charge in [-0.05, 0) is 35.4 Å². The van der Waals surface area contributed by atoms with E-state index in [1.807, 2.05) is 48.2 Å². The van der Waals surface area contributed by atoms with Crippen LogP contribution >= 0.6 is 0 Å². The van der Waals surface area contributed by atoms with Crippen LogP contribution in [-0.2, 0) is 6.54 Å². The van der Waals surface area contributed by atoms with Gasteiger partial charge >= 0.3 is 0 Å². The van der Waals surface area contributed by atoms with Gasteiger partial charge in [-0.1, -0.05) is 59.8 Å². The Morgan fingerprint density at radius 2 is 1.70 bits per heavy atom. The van der Waals surface area contributed by atoms with Crippen molar-refractivity contribution in [1.29, 1.82) is 0 Å². The molecule has 0 atom stereocenters. The van der Waals surface area contributed by atoms with Gasteiger partial charge in [0.15, 0.2) is 5.69 Å². The van der Waals surface area contributed by atoms with Gasteiger partial charge in [0.1, 0.15) is 5.75 Å². The Hall–Kier alpha value is -3.87. The van der Waals surface area contributed by atoms with Crippen molar-refractivity contribution < 1.29 is 9.53 Å². The monoisotopic (exact) mass is 441 g/mol. The number of piperazine rings is 1. The number of carbonyl (C=O) groups excluding carboxylic acids is 1. The summed E-state index contributed by atoms with van der Waals surface area (Å²) in [5.74, 6) is 0.813. The summed E-state index contributed by atoms with van der Waals surface area (Å²) in [5.41, 5.74) is 2.62. The third kappa shape index (κ3) is 4.39. The molecule has 3 aromatic carbocycles. The lowest BCUT2D eigenvalue weighted by molar-refractivity contribution is 0.0740. The Balaban J connectivity index is 1.24. The minimum Gasteiger partial charge on any atom is -0.492 e. The zero-order chi connectivity index (χ0) is 22.6. The van der Waals surface area contributed by atoms with Crippen molar-refractivity contribution in [2.24, 2.45) is 0 Å². The second-order valence-corrected chi connectivity index (χ2v) is 8.12. The standard InChI is InChI=1S/C26H27N5O2/c1-2-33-25-13-6-5-12-24(25)29-14-16-30(17-15-29)26(32)23-19-31(28-27-23)18-21-10-7-9-20-8-3-4-11-22(20)21/h3-13,19H,2,14-18H2,1H3. The lowest BCUT2D eigenvalue weighted by Gasteiger charge is -2.36. The van der Waals surface area contributed by atoms with Crippen molar-refractivity contribution in [2.45, 2.75) is 13.5 Å². The molecule has 0 unspecified atom stereocenters. The highest BCUT2D eigenvalue weighted by Crippen LogP contribution is 2.29. The fourth-order valence-electron chi connectivity index (χ4n) is 4.39. The zero-order valence-corrected chi connectivity index (χ0v) is 18.7. The van der Waals surface area contributed by atoms with Crippen LogP contribution in [0.4, 0.5) is 5.69 Å². The van der Waals surface area contributed by atoms with E-state index in [1.165, 1.54) is 10.8 Å². The molecule has 0 radical (unpaired) electrons. The predicted molar refractivity (Wildman–Crippen MR) is 129 cm³/mol. The van der Waals surface area contributed by atoms with E-state index in [0.717, 1.165) is 30.1 Å². The van der Waals surface area contributed by atoms with Gasteiger partial charge < -0.3 is 14.5 Å². The molecule has 7 heteroatoms. The maximum atomic E-state index is 13.1. The number of nitrogens with zero attached hydrogens (tertiary/aromatic N) is 5. The highest BCUT2D eigenvalue weighted by Gasteiger charge is 2.25. The normalized spacial score (nSPS) is 14.0. The van der Waals surface area contributed by atoms with Gasteiger partial charge in [0.05, 0.1) is 25.0 Å². The van der Waals surface area contributed by atoms with Crippen LogP contribution in [0.1, 0.15) is 23.0 Å². The number of amides is 1. The van der Waals surface area contributed by atoms with E-state index in [2.05, 4.69) is 45.5 Å². The molecule has 1 aliphatic heterocycles. The first-order chi connectivity index (χ1) is 16.2. The van der Waals surface area contributed by atoms with Gasteiger partial charge in [0.25, 0.3) is 5.91 Å². The number of rotatable bonds is 6. The highest BCUT2D eigenvalue weighted by atomic mass is 16.5. The summed E-state index contributed by atoms with van der Waals surface area (Å²) in [6, 6.07) is 22.6. The van der Waals surface area contributed by atoms with Crippen molar-refractivity contribution in [2.75, 3.05) is 37.7 Å². The van der Waals surface area contributed by atoms with E-state index >= 15 is 0 Å². The molecule has 1 saturated heterocycles. The van der Waals surface area contributed by atoms with Gasteiger partial charge in [-0.2, -0.15) is 0 Å². The van der Waals surface area contributed by atoms with E-state index in [0.29, 0.717) is 31.9 Å². The number of ether oxygens (including phenoxy) is 1. The summed E-state index contributed by atoms with van der Waals surface area (Å²) in [5, 5.41) is 10.8. The molecule has 168 valence electrons. The largest absolute Gasteiger partial charge is 0.492 e. The average Bonchev–Trinajstić information content (AvgIpc) is 3.33. The van der Waals surface area contributed by atoms with Crippen LogP contribution in [0.3, 0.4) is 0 Å². The number of carbonyl (C=O) groups is 1. The number of benzene rings is 3. The fourth-order valence-corrected chi connectivity index (χ4v) is 4.39. The summed E-state index contributed by atoms with van der Waals surface area (Å²) >= 11 is 0. The van der Waals surface area contributed by atoms with E-state index in [4.69, 9.17) is 4.74 Å². The van der Waals surface area contributed by atoms with E-state index in [-0.39, 0.29) is 5.91 Å². The molecule has 0 saturated carbocycles. The molecular weight excluding hydrogens is 414 g/mol. The number of hydrogen-bond acceptors (Lipinski definition) is 5. The summed E-state index contributed by atoms with van der Waals surface area (Å²) in [6.07, 6.45) is 1.75. The van der Waals surface area contributed by atoms with Crippen LogP contribution in [0, 0.1) is 0 Å². The molecule has 0 bridgehead atoms. The first kappa shape index (κ1) is 21.0. The molecule has 0 aliphatic carbocycles. The van der Waals surface area contributed by atoms with E-state index in [9.17, 15) is 4.79 Å². The maximum Gasteiger partial charge on any atom is 0.276 e. The second kappa shape index (κ2) is 9.32. The molecule has 1 amide bonds. The van der Waals surface area contributed by atoms with Gasteiger partial charge in [-0.3, -0.25) is 4.79 Å². The molecule has 1 aromatic heterocycles. The number of hydrogen-bond donors (Lipinski definition) is 0. The van der Waals surface area contributed by atoms with Gasteiger partial charge in [0.2, 0.25) is 0 Å². The van der Waals surface area contributed by atoms with Crippen LogP contribution in [0.25, 0.3) is 10.8 Å². The topological polar surface area (TPSA) is 63.5 Å². The Morgan fingerprint density at radius 1 is 0.939 bits per heavy atom. The van der Waals surface area contributed by atoms with Crippen LogP contribution < -0.4 is 9.64 Å². The van der Waals surface area contributed by atoms with Crippen LogP contribution in [-0.4, -0.2) is 58.6 Å². The number of aromatic nitrogens is 3.